The molecule has 3 aromatic rings. The second-order valence-corrected chi connectivity index (χ2v) is 5.84. The topological polar surface area (TPSA) is 54.9 Å². The second kappa shape index (κ2) is 6.62. The van der Waals surface area contributed by atoms with Crippen LogP contribution in [0.4, 0.5) is 13.9 Å². The first-order chi connectivity index (χ1) is 11.1. The normalized spacial score (nSPS) is 10.5. The molecule has 23 heavy (non-hydrogen) atoms. The molecular weight excluding hydrogens is 320 g/mol. The van der Waals surface area contributed by atoms with E-state index in [2.05, 4.69) is 15.5 Å². The number of halogens is 2. The molecule has 0 saturated carbocycles. The van der Waals surface area contributed by atoms with Crippen molar-refractivity contribution in [2.24, 2.45) is 0 Å². The van der Waals surface area contributed by atoms with Gasteiger partial charge in [-0.2, -0.15) is 0 Å². The van der Waals surface area contributed by atoms with Crippen molar-refractivity contribution in [2.75, 3.05) is 5.32 Å². The molecule has 0 fully saturated rings. The number of hydrogen-bond acceptors (Lipinski definition) is 4. The summed E-state index contributed by atoms with van der Waals surface area (Å²) in [5.41, 5.74) is 0.969. The van der Waals surface area contributed by atoms with Gasteiger partial charge in [-0.15, -0.1) is 10.2 Å². The van der Waals surface area contributed by atoms with Gasteiger partial charge in [-0.3, -0.25) is 10.1 Å². The summed E-state index contributed by atoms with van der Waals surface area (Å²) in [6.07, 6.45) is 0.600. The van der Waals surface area contributed by atoms with Gasteiger partial charge in [-0.05, 0) is 17.7 Å². The van der Waals surface area contributed by atoms with Crippen LogP contribution in [-0.4, -0.2) is 16.1 Å². The van der Waals surface area contributed by atoms with Crippen molar-refractivity contribution in [2.45, 2.75) is 6.42 Å². The molecule has 0 aliphatic rings. The number of nitrogens with zero attached hydrogens (tertiary/aromatic N) is 2. The number of aromatic nitrogens is 2. The first-order valence-electron chi connectivity index (χ1n) is 6.74. The largest absolute Gasteiger partial charge is 0.296 e. The highest BCUT2D eigenvalue weighted by Crippen LogP contribution is 2.19. The minimum Gasteiger partial charge on any atom is -0.296 e. The number of anilines is 1. The zero-order chi connectivity index (χ0) is 16.2. The SMILES string of the molecule is O=C(Nc1nnc(Cc2ccccc2)s1)c1cc(F)cc(F)c1. The van der Waals surface area contributed by atoms with Crippen molar-refractivity contribution in [3.05, 3.63) is 76.3 Å². The number of amides is 1. The van der Waals surface area contributed by atoms with Crippen LogP contribution in [0.2, 0.25) is 0 Å². The van der Waals surface area contributed by atoms with Crippen molar-refractivity contribution in [1.82, 2.24) is 10.2 Å². The third kappa shape index (κ3) is 3.95. The summed E-state index contributed by atoms with van der Waals surface area (Å²) in [4.78, 5) is 12.0. The number of carbonyl (C=O) groups excluding carboxylic acids is 1. The van der Waals surface area contributed by atoms with Gasteiger partial charge < -0.3 is 0 Å². The molecule has 0 atom stereocenters. The number of nitrogens with one attached hydrogen (secondary N) is 1. The highest BCUT2D eigenvalue weighted by molar-refractivity contribution is 7.15. The fourth-order valence-corrected chi connectivity index (χ4v) is 2.77. The molecule has 0 saturated heterocycles. The molecule has 0 aliphatic heterocycles. The van der Waals surface area contributed by atoms with Crippen molar-refractivity contribution in [1.29, 1.82) is 0 Å². The lowest BCUT2D eigenvalue weighted by Gasteiger charge is -2.01. The minimum atomic E-state index is -0.808. The van der Waals surface area contributed by atoms with Crippen LogP contribution in [0.25, 0.3) is 0 Å². The molecule has 3 rings (SSSR count). The molecule has 0 spiro atoms. The fourth-order valence-electron chi connectivity index (χ4n) is 2.00. The summed E-state index contributed by atoms with van der Waals surface area (Å²) in [7, 11) is 0. The van der Waals surface area contributed by atoms with Gasteiger partial charge >= 0.3 is 0 Å². The predicted molar refractivity (Wildman–Crippen MR) is 83.5 cm³/mol. The third-order valence-electron chi connectivity index (χ3n) is 3.01. The van der Waals surface area contributed by atoms with E-state index in [4.69, 9.17) is 0 Å². The van der Waals surface area contributed by atoms with E-state index in [9.17, 15) is 13.6 Å². The van der Waals surface area contributed by atoms with Gasteiger partial charge in [0.1, 0.15) is 16.6 Å². The fraction of sp³-hybridized carbons (Fsp3) is 0.0625. The zero-order valence-corrected chi connectivity index (χ0v) is 12.6. The molecule has 2 aromatic carbocycles. The molecule has 1 amide bonds. The van der Waals surface area contributed by atoms with E-state index >= 15 is 0 Å². The summed E-state index contributed by atoms with van der Waals surface area (Å²) in [5.74, 6) is -2.25. The first-order valence-corrected chi connectivity index (χ1v) is 7.55. The molecule has 7 heteroatoms. The summed E-state index contributed by atoms with van der Waals surface area (Å²) in [6, 6.07) is 12.3. The highest BCUT2D eigenvalue weighted by Gasteiger charge is 2.12. The molecule has 1 N–H and O–H groups in total. The van der Waals surface area contributed by atoms with Crippen molar-refractivity contribution in [3.8, 4) is 0 Å². The van der Waals surface area contributed by atoms with Crippen molar-refractivity contribution >= 4 is 22.4 Å². The van der Waals surface area contributed by atoms with Crippen LogP contribution in [0.5, 0.6) is 0 Å². The smallest absolute Gasteiger partial charge is 0.257 e. The Balaban J connectivity index is 1.70. The third-order valence-corrected chi connectivity index (χ3v) is 3.85. The molecule has 0 radical (unpaired) electrons. The Hall–Kier alpha value is -2.67. The van der Waals surface area contributed by atoms with Gasteiger partial charge in [0.2, 0.25) is 5.13 Å². The van der Waals surface area contributed by atoms with Gasteiger partial charge in [0.05, 0.1) is 0 Å². The van der Waals surface area contributed by atoms with Gasteiger partial charge in [-0.1, -0.05) is 41.7 Å². The Labute approximate surface area is 134 Å². The van der Waals surface area contributed by atoms with Gasteiger partial charge in [0.25, 0.3) is 5.91 Å². The Morgan fingerprint density at radius 2 is 1.74 bits per heavy atom. The van der Waals surface area contributed by atoms with Crippen LogP contribution in [0.3, 0.4) is 0 Å². The maximum atomic E-state index is 13.1. The monoisotopic (exact) mass is 331 g/mol. The standard InChI is InChI=1S/C16H11F2N3OS/c17-12-7-11(8-13(18)9-12)15(22)19-16-21-20-14(23-16)6-10-4-2-1-3-5-10/h1-5,7-9H,6H2,(H,19,21,22). The number of carbonyl (C=O) groups is 1. The molecule has 0 aliphatic carbocycles. The Morgan fingerprint density at radius 1 is 1.04 bits per heavy atom. The summed E-state index contributed by atoms with van der Waals surface area (Å²) >= 11 is 1.22. The number of rotatable bonds is 4. The highest BCUT2D eigenvalue weighted by atomic mass is 32.1. The quantitative estimate of drug-likeness (QED) is 0.794. The number of benzene rings is 2. The molecule has 116 valence electrons. The second-order valence-electron chi connectivity index (χ2n) is 4.78. The number of hydrogen-bond donors (Lipinski definition) is 1. The molecular formula is C16H11F2N3OS. The maximum absolute atomic E-state index is 13.1. The van der Waals surface area contributed by atoms with E-state index in [1.165, 1.54) is 11.3 Å². The van der Waals surface area contributed by atoms with E-state index in [-0.39, 0.29) is 10.7 Å². The van der Waals surface area contributed by atoms with Crippen LogP contribution in [-0.2, 0) is 6.42 Å². The van der Waals surface area contributed by atoms with Gasteiger partial charge in [0, 0.05) is 18.1 Å². The van der Waals surface area contributed by atoms with Crippen molar-refractivity contribution < 1.29 is 13.6 Å². The first kappa shape index (κ1) is 15.2. The van der Waals surface area contributed by atoms with Gasteiger partial charge in [0.15, 0.2) is 0 Å². The van der Waals surface area contributed by atoms with E-state index in [1.807, 2.05) is 30.3 Å². The zero-order valence-electron chi connectivity index (χ0n) is 11.8. The Bertz CT molecular complexity index is 816. The van der Waals surface area contributed by atoms with Crippen LogP contribution < -0.4 is 5.32 Å². The van der Waals surface area contributed by atoms with E-state index in [0.29, 0.717) is 12.5 Å². The van der Waals surface area contributed by atoms with Crippen LogP contribution in [0, 0.1) is 11.6 Å². The van der Waals surface area contributed by atoms with Crippen molar-refractivity contribution in [3.63, 3.8) is 0 Å². The molecule has 1 aromatic heterocycles. The molecule has 0 unspecified atom stereocenters. The van der Waals surface area contributed by atoms with E-state index in [0.717, 1.165) is 22.7 Å². The summed E-state index contributed by atoms with van der Waals surface area (Å²) < 4.78 is 26.3. The Kier molecular flexibility index (Phi) is 4.38. The van der Waals surface area contributed by atoms with Crippen LogP contribution >= 0.6 is 11.3 Å². The van der Waals surface area contributed by atoms with E-state index < -0.39 is 17.5 Å². The average molecular weight is 331 g/mol. The lowest BCUT2D eigenvalue weighted by Crippen LogP contribution is -2.12. The van der Waals surface area contributed by atoms with Gasteiger partial charge in [-0.25, -0.2) is 8.78 Å². The molecule has 1 heterocycles. The lowest BCUT2D eigenvalue weighted by atomic mass is 10.2. The minimum absolute atomic E-state index is 0.109. The predicted octanol–water partition coefficient (Wildman–Crippen LogP) is 3.66. The molecule has 4 nitrogen and oxygen atoms in total. The van der Waals surface area contributed by atoms with Crippen LogP contribution in [0.1, 0.15) is 20.9 Å². The Morgan fingerprint density at radius 3 is 2.43 bits per heavy atom. The average Bonchev–Trinajstić information content (AvgIpc) is 2.94. The van der Waals surface area contributed by atoms with E-state index in [1.54, 1.807) is 0 Å². The summed E-state index contributed by atoms with van der Waals surface area (Å²) in [6.45, 7) is 0. The summed E-state index contributed by atoms with van der Waals surface area (Å²) in [5, 5.41) is 11.4. The molecule has 0 bridgehead atoms. The lowest BCUT2D eigenvalue weighted by molar-refractivity contribution is 0.102. The van der Waals surface area contributed by atoms with Crippen LogP contribution in [0.15, 0.2) is 48.5 Å². The maximum Gasteiger partial charge on any atom is 0.257 e.